The number of amides is 1. The molecule has 5 nitrogen and oxygen atoms in total. The molecule has 2 heterocycles. The maximum Gasteiger partial charge on any atom is 0.269 e. The van der Waals surface area contributed by atoms with Crippen LogP contribution in [0.4, 0.5) is 0 Å². The van der Waals surface area contributed by atoms with Gasteiger partial charge in [0.05, 0.1) is 22.1 Å². The zero-order chi connectivity index (χ0) is 17.6. The maximum atomic E-state index is 12.8. The summed E-state index contributed by atoms with van der Waals surface area (Å²) in [6.07, 6.45) is 0. The highest BCUT2D eigenvalue weighted by molar-refractivity contribution is 9.10. The van der Waals surface area contributed by atoms with Crippen molar-refractivity contribution in [2.75, 3.05) is 0 Å². The van der Waals surface area contributed by atoms with Gasteiger partial charge in [0.2, 0.25) is 0 Å². The maximum absolute atomic E-state index is 12.8. The van der Waals surface area contributed by atoms with Gasteiger partial charge in [0, 0.05) is 25.0 Å². The third kappa shape index (κ3) is 2.53. The monoisotopic (exact) mass is 396 g/mol. The fourth-order valence-corrected chi connectivity index (χ4v) is 3.98. The SMILES string of the molecule is Cn1c(CNC(=O)c2c(Br)c3ccccc3n2C)nc2ccccc21. The van der Waals surface area contributed by atoms with Crippen molar-refractivity contribution in [2.45, 2.75) is 6.54 Å². The van der Waals surface area contributed by atoms with Gasteiger partial charge in [-0.1, -0.05) is 30.3 Å². The van der Waals surface area contributed by atoms with Gasteiger partial charge in [-0.2, -0.15) is 0 Å². The number of para-hydroxylation sites is 3. The number of benzene rings is 2. The normalized spacial score (nSPS) is 11.3. The molecule has 0 radical (unpaired) electrons. The van der Waals surface area contributed by atoms with Crippen molar-refractivity contribution in [2.24, 2.45) is 14.1 Å². The molecule has 0 unspecified atom stereocenters. The third-order valence-electron chi connectivity index (χ3n) is 4.55. The van der Waals surface area contributed by atoms with Crippen molar-refractivity contribution in [3.63, 3.8) is 0 Å². The van der Waals surface area contributed by atoms with Crippen molar-refractivity contribution in [1.82, 2.24) is 19.4 Å². The van der Waals surface area contributed by atoms with E-state index in [0.717, 1.165) is 32.2 Å². The minimum Gasteiger partial charge on any atom is -0.343 e. The highest BCUT2D eigenvalue weighted by Crippen LogP contribution is 2.30. The third-order valence-corrected chi connectivity index (χ3v) is 5.35. The lowest BCUT2D eigenvalue weighted by molar-refractivity contribution is 0.0941. The molecule has 0 saturated heterocycles. The molecule has 0 aliphatic carbocycles. The lowest BCUT2D eigenvalue weighted by Crippen LogP contribution is -2.26. The number of nitrogens with one attached hydrogen (secondary N) is 1. The van der Waals surface area contributed by atoms with E-state index in [4.69, 9.17) is 0 Å². The molecule has 0 aliphatic rings. The number of imidazole rings is 1. The van der Waals surface area contributed by atoms with E-state index in [1.54, 1.807) is 0 Å². The summed E-state index contributed by atoms with van der Waals surface area (Å²) in [7, 11) is 3.86. The topological polar surface area (TPSA) is 51.9 Å². The average molecular weight is 397 g/mol. The number of hydrogen-bond acceptors (Lipinski definition) is 2. The zero-order valence-electron chi connectivity index (χ0n) is 14.0. The molecular weight excluding hydrogens is 380 g/mol. The second kappa shape index (κ2) is 6.04. The number of halogens is 1. The molecule has 4 aromatic rings. The Kier molecular flexibility index (Phi) is 3.84. The summed E-state index contributed by atoms with van der Waals surface area (Å²) in [6.45, 7) is 0.373. The summed E-state index contributed by atoms with van der Waals surface area (Å²) in [5.41, 5.74) is 3.61. The number of nitrogens with zero attached hydrogens (tertiary/aromatic N) is 3. The summed E-state index contributed by atoms with van der Waals surface area (Å²) >= 11 is 3.57. The Morgan fingerprint density at radius 3 is 2.44 bits per heavy atom. The van der Waals surface area contributed by atoms with Crippen LogP contribution in [0.3, 0.4) is 0 Å². The van der Waals surface area contributed by atoms with Gasteiger partial charge >= 0.3 is 0 Å². The van der Waals surface area contributed by atoms with Crippen molar-refractivity contribution in [1.29, 1.82) is 0 Å². The average Bonchev–Trinajstić information content (AvgIpc) is 3.08. The summed E-state index contributed by atoms with van der Waals surface area (Å²) in [5.74, 6) is 0.696. The Morgan fingerprint density at radius 2 is 1.72 bits per heavy atom. The molecule has 126 valence electrons. The number of hydrogen-bond donors (Lipinski definition) is 1. The van der Waals surface area contributed by atoms with E-state index in [0.29, 0.717) is 12.2 Å². The van der Waals surface area contributed by atoms with E-state index in [-0.39, 0.29) is 5.91 Å². The highest BCUT2D eigenvalue weighted by atomic mass is 79.9. The molecule has 25 heavy (non-hydrogen) atoms. The van der Waals surface area contributed by atoms with Gasteiger partial charge in [0.15, 0.2) is 0 Å². The van der Waals surface area contributed by atoms with Crippen LogP contribution in [0.2, 0.25) is 0 Å². The highest BCUT2D eigenvalue weighted by Gasteiger charge is 2.19. The molecule has 2 aromatic carbocycles. The van der Waals surface area contributed by atoms with E-state index in [1.807, 2.05) is 71.8 Å². The second-order valence-electron chi connectivity index (χ2n) is 6.00. The van der Waals surface area contributed by atoms with Gasteiger partial charge in [-0.3, -0.25) is 4.79 Å². The molecule has 0 bridgehead atoms. The summed E-state index contributed by atoms with van der Waals surface area (Å²) in [4.78, 5) is 17.4. The first-order valence-electron chi connectivity index (χ1n) is 7.99. The Balaban J connectivity index is 1.63. The van der Waals surface area contributed by atoms with Crippen LogP contribution in [-0.4, -0.2) is 20.0 Å². The number of carbonyl (C=O) groups excluding carboxylic acids is 1. The Morgan fingerprint density at radius 1 is 1.04 bits per heavy atom. The van der Waals surface area contributed by atoms with Crippen LogP contribution in [0.15, 0.2) is 53.0 Å². The molecule has 1 N–H and O–H groups in total. The van der Waals surface area contributed by atoms with Crippen molar-refractivity contribution in [3.05, 3.63) is 64.5 Å². The van der Waals surface area contributed by atoms with Crippen LogP contribution in [0, 0.1) is 0 Å². The first-order chi connectivity index (χ1) is 12.1. The predicted molar refractivity (Wildman–Crippen MR) is 103 cm³/mol. The molecule has 0 atom stereocenters. The van der Waals surface area contributed by atoms with Crippen LogP contribution in [0.5, 0.6) is 0 Å². The van der Waals surface area contributed by atoms with Crippen LogP contribution < -0.4 is 5.32 Å². The molecule has 1 amide bonds. The smallest absolute Gasteiger partial charge is 0.269 e. The zero-order valence-corrected chi connectivity index (χ0v) is 15.5. The summed E-state index contributed by atoms with van der Waals surface area (Å²) in [6, 6.07) is 15.9. The molecule has 0 saturated carbocycles. The number of fused-ring (bicyclic) bond motifs is 2. The standard InChI is InChI=1S/C19H17BrN4O/c1-23-15-10-6-4-8-13(15)22-16(23)11-21-19(25)18-17(20)12-7-3-5-9-14(12)24(18)2/h3-10H,11H2,1-2H3,(H,21,25). The molecule has 0 spiro atoms. The molecule has 4 rings (SSSR count). The lowest BCUT2D eigenvalue weighted by Gasteiger charge is -2.07. The first-order valence-corrected chi connectivity index (χ1v) is 8.78. The van der Waals surface area contributed by atoms with E-state index in [2.05, 4.69) is 26.2 Å². The van der Waals surface area contributed by atoms with Gasteiger partial charge in [-0.15, -0.1) is 0 Å². The van der Waals surface area contributed by atoms with E-state index in [9.17, 15) is 4.79 Å². The largest absolute Gasteiger partial charge is 0.343 e. The second-order valence-corrected chi connectivity index (χ2v) is 6.79. The van der Waals surface area contributed by atoms with Crippen LogP contribution >= 0.6 is 15.9 Å². The molecule has 0 aliphatic heterocycles. The lowest BCUT2D eigenvalue weighted by atomic mass is 10.2. The van der Waals surface area contributed by atoms with Crippen molar-refractivity contribution < 1.29 is 4.79 Å². The van der Waals surface area contributed by atoms with Gasteiger partial charge in [0.1, 0.15) is 11.5 Å². The van der Waals surface area contributed by atoms with Crippen molar-refractivity contribution in [3.8, 4) is 0 Å². The van der Waals surface area contributed by atoms with E-state index >= 15 is 0 Å². The van der Waals surface area contributed by atoms with Crippen LogP contribution in [0.25, 0.3) is 21.9 Å². The van der Waals surface area contributed by atoms with E-state index in [1.165, 1.54) is 0 Å². The van der Waals surface area contributed by atoms with Crippen LogP contribution in [-0.2, 0) is 20.6 Å². The molecular formula is C19H17BrN4O. The Labute approximate surface area is 153 Å². The fourth-order valence-electron chi connectivity index (χ4n) is 3.20. The van der Waals surface area contributed by atoms with Gasteiger partial charge < -0.3 is 14.5 Å². The summed E-state index contributed by atoms with van der Waals surface area (Å²) < 4.78 is 4.73. The Bertz CT molecular complexity index is 1070. The van der Waals surface area contributed by atoms with Crippen molar-refractivity contribution >= 4 is 43.8 Å². The summed E-state index contributed by atoms with van der Waals surface area (Å²) in [5, 5.41) is 4.01. The number of aromatic nitrogens is 3. The first kappa shape index (κ1) is 15.9. The van der Waals surface area contributed by atoms with Gasteiger partial charge in [-0.05, 0) is 34.1 Å². The molecule has 6 heteroatoms. The van der Waals surface area contributed by atoms with Gasteiger partial charge in [0.25, 0.3) is 5.91 Å². The minimum absolute atomic E-state index is 0.127. The van der Waals surface area contributed by atoms with E-state index < -0.39 is 0 Å². The number of carbonyl (C=O) groups is 1. The Hall–Kier alpha value is -2.60. The number of rotatable bonds is 3. The minimum atomic E-state index is -0.127. The molecule has 0 fully saturated rings. The quantitative estimate of drug-likeness (QED) is 0.573. The fraction of sp³-hybridized carbons (Fsp3) is 0.158. The van der Waals surface area contributed by atoms with Crippen LogP contribution in [0.1, 0.15) is 16.3 Å². The number of aryl methyl sites for hydroxylation is 2. The predicted octanol–water partition coefficient (Wildman–Crippen LogP) is 3.76. The van der Waals surface area contributed by atoms with Gasteiger partial charge in [-0.25, -0.2) is 4.98 Å². The molecule has 2 aromatic heterocycles.